The Balaban J connectivity index is 1.78. The van der Waals surface area contributed by atoms with Crippen molar-refractivity contribution in [1.29, 1.82) is 0 Å². The normalized spacial score (nSPS) is 14.1. The minimum atomic E-state index is -0.391. The number of anilines is 1. The fourth-order valence-corrected chi connectivity index (χ4v) is 3.41. The lowest BCUT2D eigenvalue weighted by molar-refractivity contribution is -0.137. The van der Waals surface area contributed by atoms with Crippen molar-refractivity contribution < 1.29 is 14.0 Å². The van der Waals surface area contributed by atoms with Crippen LogP contribution in [0, 0.1) is 13.8 Å². The Kier molecular flexibility index (Phi) is 4.99. The van der Waals surface area contributed by atoms with Crippen LogP contribution in [0.2, 0.25) is 5.02 Å². The highest BCUT2D eigenvalue weighted by Crippen LogP contribution is 2.33. The van der Waals surface area contributed by atoms with Gasteiger partial charge in [0.15, 0.2) is 0 Å². The first-order chi connectivity index (χ1) is 13.9. The molecule has 0 saturated carbocycles. The Labute approximate surface area is 173 Å². The van der Waals surface area contributed by atoms with E-state index in [1.54, 1.807) is 36.4 Å². The molecular weight excluding hydrogens is 388 g/mol. The lowest BCUT2D eigenvalue weighted by atomic mass is 10.0. The van der Waals surface area contributed by atoms with Crippen molar-refractivity contribution >= 4 is 34.7 Å². The van der Waals surface area contributed by atoms with Crippen molar-refractivity contribution in [1.82, 2.24) is 4.90 Å². The van der Waals surface area contributed by atoms with Crippen LogP contribution >= 0.6 is 11.6 Å². The summed E-state index contributed by atoms with van der Waals surface area (Å²) in [7, 11) is 0. The van der Waals surface area contributed by atoms with Crippen molar-refractivity contribution in [3.63, 3.8) is 0 Å². The number of carbonyl (C=O) groups excluding carboxylic acids is 2. The van der Waals surface area contributed by atoms with Gasteiger partial charge in [-0.15, -0.1) is 0 Å². The summed E-state index contributed by atoms with van der Waals surface area (Å²) < 4.78 is 5.33. The van der Waals surface area contributed by atoms with Crippen molar-refractivity contribution in [2.45, 2.75) is 20.4 Å². The number of aryl methyl sites for hydroxylation is 2. The molecule has 2 aromatic carbocycles. The SMILES string of the molecule is Cc1ccc(C)c(NC2=C(c3ccc(Cl)cc3)C(=O)N(Cc3ccco3)C2=O)c1. The lowest BCUT2D eigenvalue weighted by Gasteiger charge is -2.14. The molecule has 0 unspecified atom stereocenters. The largest absolute Gasteiger partial charge is 0.467 e. The molecule has 0 fully saturated rings. The second-order valence-corrected chi connectivity index (χ2v) is 7.41. The van der Waals surface area contributed by atoms with Gasteiger partial charge in [0.05, 0.1) is 18.4 Å². The molecule has 1 aliphatic heterocycles. The maximum atomic E-state index is 13.2. The van der Waals surface area contributed by atoms with Gasteiger partial charge in [-0.3, -0.25) is 14.5 Å². The van der Waals surface area contributed by atoms with E-state index < -0.39 is 5.91 Å². The summed E-state index contributed by atoms with van der Waals surface area (Å²) in [6.07, 6.45) is 1.52. The molecule has 0 spiro atoms. The number of nitrogens with one attached hydrogen (secondary N) is 1. The van der Waals surface area contributed by atoms with Crippen LogP contribution in [0.3, 0.4) is 0 Å². The maximum Gasteiger partial charge on any atom is 0.278 e. The number of hydrogen-bond donors (Lipinski definition) is 1. The number of imide groups is 1. The lowest BCUT2D eigenvalue weighted by Crippen LogP contribution is -2.31. The third-order valence-electron chi connectivity index (χ3n) is 4.85. The minimum absolute atomic E-state index is 0.0692. The molecule has 146 valence electrons. The molecule has 5 nitrogen and oxygen atoms in total. The fourth-order valence-electron chi connectivity index (χ4n) is 3.28. The van der Waals surface area contributed by atoms with Crippen LogP contribution in [-0.2, 0) is 16.1 Å². The van der Waals surface area contributed by atoms with E-state index >= 15 is 0 Å². The second-order valence-electron chi connectivity index (χ2n) is 6.98. The third-order valence-corrected chi connectivity index (χ3v) is 5.10. The fraction of sp³-hybridized carbons (Fsp3) is 0.130. The van der Waals surface area contributed by atoms with E-state index in [1.165, 1.54) is 11.2 Å². The zero-order chi connectivity index (χ0) is 20.5. The quantitative estimate of drug-likeness (QED) is 0.609. The van der Waals surface area contributed by atoms with E-state index in [9.17, 15) is 9.59 Å². The van der Waals surface area contributed by atoms with Crippen LogP contribution in [0.15, 0.2) is 71.0 Å². The van der Waals surface area contributed by atoms with E-state index in [4.69, 9.17) is 16.0 Å². The molecule has 0 radical (unpaired) electrons. The molecule has 1 aliphatic rings. The van der Waals surface area contributed by atoms with E-state index in [2.05, 4.69) is 5.32 Å². The van der Waals surface area contributed by atoms with Gasteiger partial charge in [-0.2, -0.15) is 0 Å². The number of nitrogens with zero attached hydrogens (tertiary/aromatic N) is 1. The molecule has 0 bridgehead atoms. The maximum absolute atomic E-state index is 13.2. The number of benzene rings is 2. The molecule has 1 aromatic heterocycles. The predicted octanol–water partition coefficient (Wildman–Crippen LogP) is 4.94. The zero-order valence-electron chi connectivity index (χ0n) is 16.0. The highest BCUT2D eigenvalue weighted by Gasteiger charge is 2.39. The summed E-state index contributed by atoms with van der Waals surface area (Å²) in [5, 5.41) is 3.76. The average Bonchev–Trinajstić information content (AvgIpc) is 3.29. The van der Waals surface area contributed by atoms with Crippen molar-refractivity contribution in [3.05, 3.63) is 94.0 Å². The Morgan fingerprint density at radius 2 is 1.76 bits per heavy atom. The monoisotopic (exact) mass is 406 g/mol. The second kappa shape index (κ2) is 7.60. The molecule has 1 N–H and O–H groups in total. The number of amides is 2. The molecule has 0 saturated heterocycles. The summed E-state index contributed by atoms with van der Waals surface area (Å²) in [6.45, 7) is 4.00. The van der Waals surface area contributed by atoms with Crippen molar-refractivity contribution in [2.75, 3.05) is 5.32 Å². The molecule has 29 heavy (non-hydrogen) atoms. The number of furan rings is 1. The predicted molar refractivity (Wildman–Crippen MR) is 112 cm³/mol. The van der Waals surface area contributed by atoms with E-state index in [1.807, 2.05) is 32.0 Å². The Hall–Kier alpha value is -3.31. The first-order valence-corrected chi connectivity index (χ1v) is 9.55. The van der Waals surface area contributed by atoms with Crippen LogP contribution in [0.25, 0.3) is 5.57 Å². The average molecular weight is 407 g/mol. The summed E-state index contributed by atoms with van der Waals surface area (Å²) >= 11 is 6.00. The summed E-state index contributed by atoms with van der Waals surface area (Å²) in [6, 6.07) is 16.3. The van der Waals surface area contributed by atoms with Crippen molar-refractivity contribution in [3.8, 4) is 0 Å². The summed E-state index contributed by atoms with van der Waals surface area (Å²) in [5.41, 5.74) is 4.01. The Bertz CT molecular complexity index is 1120. The molecule has 2 heterocycles. The molecule has 0 aliphatic carbocycles. The standard InChI is InChI=1S/C23H19ClN2O3/c1-14-5-6-15(2)19(12-14)25-21-20(16-7-9-17(24)10-8-16)22(27)26(23(21)28)13-18-4-3-11-29-18/h3-12,25H,13H2,1-2H3. The number of rotatable bonds is 5. The molecule has 6 heteroatoms. The van der Waals surface area contributed by atoms with Crippen LogP contribution in [-0.4, -0.2) is 16.7 Å². The topological polar surface area (TPSA) is 62.6 Å². The van der Waals surface area contributed by atoms with Gasteiger partial charge in [0.25, 0.3) is 11.8 Å². The first kappa shape index (κ1) is 19.0. The van der Waals surface area contributed by atoms with E-state index in [0.29, 0.717) is 21.9 Å². The Morgan fingerprint density at radius 1 is 1.00 bits per heavy atom. The molecule has 3 aromatic rings. The van der Waals surface area contributed by atoms with Gasteiger partial charge in [0, 0.05) is 10.7 Å². The van der Waals surface area contributed by atoms with Crippen molar-refractivity contribution in [2.24, 2.45) is 0 Å². The summed E-state index contributed by atoms with van der Waals surface area (Å²) in [4.78, 5) is 27.6. The third kappa shape index (κ3) is 3.69. The molecular formula is C23H19ClN2O3. The van der Waals surface area contributed by atoms with Gasteiger partial charge in [0.1, 0.15) is 11.5 Å². The number of carbonyl (C=O) groups is 2. The Morgan fingerprint density at radius 3 is 2.45 bits per heavy atom. The van der Waals surface area contributed by atoms with E-state index in [-0.39, 0.29) is 18.1 Å². The van der Waals surface area contributed by atoms with Gasteiger partial charge in [-0.1, -0.05) is 35.9 Å². The van der Waals surface area contributed by atoms with Crippen LogP contribution < -0.4 is 5.32 Å². The zero-order valence-corrected chi connectivity index (χ0v) is 16.8. The minimum Gasteiger partial charge on any atom is -0.467 e. The van der Waals surface area contributed by atoms with Gasteiger partial charge < -0.3 is 9.73 Å². The van der Waals surface area contributed by atoms with Crippen LogP contribution in [0.5, 0.6) is 0 Å². The highest BCUT2D eigenvalue weighted by atomic mass is 35.5. The number of halogens is 1. The van der Waals surface area contributed by atoms with Gasteiger partial charge in [0.2, 0.25) is 0 Å². The van der Waals surface area contributed by atoms with Gasteiger partial charge >= 0.3 is 0 Å². The molecule has 2 amide bonds. The molecule has 4 rings (SSSR count). The van der Waals surface area contributed by atoms with Crippen LogP contribution in [0.4, 0.5) is 5.69 Å². The summed E-state index contributed by atoms with van der Waals surface area (Å²) in [5.74, 6) is -0.228. The van der Waals surface area contributed by atoms with Crippen LogP contribution in [0.1, 0.15) is 22.5 Å². The highest BCUT2D eigenvalue weighted by molar-refractivity contribution is 6.36. The van der Waals surface area contributed by atoms with Gasteiger partial charge in [-0.05, 0) is 60.9 Å². The number of hydrogen-bond acceptors (Lipinski definition) is 4. The van der Waals surface area contributed by atoms with Gasteiger partial charge in [-0.25, -0.2) is 0 Å². The molecule has 0 atom stereocenters. The smallest absolute Gasteiger partial charge is 0.278 e. The first-order valence-electron chi connectivity index (χ1n) is 9.17. The van der Waals surface area contributed by atoms with E-state index in [0.717, 1.165) is 16.8 Å².